The van der Waals surface area contributed by atoms with Crippen molar-refractivity contribution >= 4 is 17.7 Å². The molecule has 2 heterocycles. The second-order valence-electron chi connectivity index (χ2n) is 4.94. The number of fused-ring (bicyclic) bond motifs is 1. The molecule has 7 nitrogen and oxygen atoms in total. The Kier molecular flexibility index (Phi) is 3.19. The minimum Gasteiger partial charge on any atom is -0.368 e. The van der Waals surface area contributed by atoms with Crippen LogP contribution >= 0.6 is 0 Å². The smallest absolute Gasteiger partial charge is 0.258 e. The van der Waals surface area contributed by atoms with Gasteiger partial charge in [0.1, 0.15) is 12.4 Å². The topological polar surface area (TPSA) is 102 Å². The van der Waals surface area contributed by atoms with Crippen LogP contribution in [0, 0.1) is 11.7 Å². The van der Waals surface area contributed by atoms with E-state index in [1.807, 2.05) is 0 Å². The molecule has 0 saturated carbocycles. The van der Waals surface area contributed by atoms with Crippen molar-refractivity contribution in [3.8, 4) is 0 Å². The zero-order valence-electron chi connectivity index (χ0n) is 10.8. The van der Waals surface area contributed by atoms with Crippen molar-refractivity contribution in [1.82, 2.24) is 10.4 Å². The summed E-state index contributed by atoms with van der Waals surface area (Å²) in [6.45, 7) is -0.268. The first-order chi connectivity index (χ1) is 9.97. The number of hydroxylamine groups is 2. The summed E-state index contributed by atoms with van der Waals surface area (Å²) in [7, 11) is 0. The van der Waals surface area contributed by atoms with Crippen LogP contribution in [0.1, 0.15) is 11.6 Å². The van der Waals surface area contributed by atoms with Gasteiger partial charge in [-0.15, -0.1) is 0 Å². The Hall–Kier alpha value is -2.32. The van der Waals surface area contributed by atoms with Gasteiger partial charge in [-0.2, -0.15) is 5.06 Å². The summed E-state index contributed by atoms with van der Waals surface area (Å²) in [5, 5.41) is 3.39. The summed E-state index contributed by atoms with van der Waals surface area (Å²) in [6, 6.07) is 4.76. The normalized spacial score (nSPS) is 28.5. The monoisotopic (exact) mass is 293 g/mol. The summed E-state index contributed by atoms with van der Waals surface area (Å²) in [4.78, 5) is 40.1. The molecule has 2 saturated heterocycles. The molecule has 1 aromatic rings. The maximum Gasteiger partial charge on any atom is 0.258 e. The molecular formula is C13H12FN3O4. The lowest BCUT2D eigenvalue weighted by atomic mass is 9.91. The Morgan fingerprint density at radius 3 is 2.57 bits per heavy atom. The maximum absolute atomic E-state index is 13.0. The number of nitrogens with zero attached hydrogens (tertiary/aromatic N) is 1. The van der Waals surface area contributed by atoms with E-state index in [2.05, 4.69) is 5.32 Å². The second kappa shape index (κ2) is 4.90. The van der Waals surface area contributed by atoms with Gasteiger partial charge in [-0.05, 0) is 17.7 Å². The SMILES string of the molecule is NC(=O)CN1OC2C(=O)NC(=O)C2C1c1ccc(F)cc1. The number of primary amides is 1. The fourth-order valence-corrected chi connectivity index (χ4v) is 2.71. The molecule has 3 atom stereocenters. The van der Waals surface area contributed by atoms with Crippen molar-refractivity contribution in [3.63, 3.8) is 0 Å². The van der Waals surface area contributed by atoms with Crippen molar-refractivity contribution in [2.24, 2.45) is 11.7 Å². The van der Waals surface area contributed by atoms with Crippen LogP contribution in [0.25, 0.3) is 0 Å². The molecule has 8 heteroatoms. The molecule has 0 aliphatic carbocycles. The number of nitrogens with two attached hydrogens (primary N) is 1. The van der Waals surface area contributed by atoms with E-state index in [1.54, 1.807) is 0 Å². The van der Waals surface area contributed by atoms with Crippen LogP contribution in [-0.4, -0.2) is 35.4 Å². The van der Waals surface area contributed by atoms with E-state index in [1.165, 1.54) is 29.3 Å². The van der Waals surface area contributed by atoms with Crippen molar-refractivity contribution in [1.29, 1.82) is 0 Å². The standard InChI is InChI=1S/C13H12FN3O4/c14-7-3-1-6(2-4-7)10-9-11(13(20)16-12(9)19)21-17(10)5-8(15)18/h1-4,9-11H,5H2,(H2,15,18)(H,16,19,20). The summed E-state index contributed by atoms with van der Waals surface area (Å²) in [5.41, 5.74) is 5.72. The fourth-order valence-electron chi connectivity index (χ4n) is 2.71. The number of hydrogen-bond donors (Lipinski definition) is 2. The Bertz CT molecular complexity index is 618. The van der Waals surface area contributed by atoms with Gasteiger partial charge in [0.2, 0.25) is 11.8 Å². The van der Waals surface area contributed by atoms with Gasteiger partial charge < -0.3 is 5.73 Å². The number of benzene rings is 1. The van der Waals surface area contributed by atoms with E-state index in [4.69, 9.17) is 10.6 Å². The molecular weight excluding hydrogens is 281 g/mol. The number of rotatable bonds is 3. The Morgan fingerprint density at radius 2 is 1.95 bits per heavy atom. The Morgan fingerprint density at radius 1 is 1.29 bits per heavy atom. The van der Waals surface area contributed by atoms with Gasteiger partial charge >= 0.3 is 0 Å². The first kappa shape index (κ1) is 13.7. The fraction of sp³-hybridized carbons (Fsp3) is 0.308. The second-order valence-corrected chi connectivity index (χ2v) is 4.94. The van der Waals surface area contributed by atoms with Gasteiger partial charge in [-0.3, -0.25) is 24.5 Å². The largest absolute Gasteiger partial charge is 0.368 e. The predicted octanol–water partition coefficient (Wildman–Crippen LogP) is -0.759. The van der Waals surface area contributed by atoms with E-state index in [9.17, 15) is 18.8 Å². The quantitative estimate of drug-likeness (QED) is 0.713. The number of imide groups is 1. The van der Waals surface area contributed by atoms with E-state index in [0.29, 0.717) is 5.56 Å². The predicted molar refractivity (Wildman–Crippen MR) is 66.6 cm³/mol. The van der Waals surface area contributed by atoms with Crippen molar-refractivity contribution in [2.75, 3.05) is 6.54 Å². The maximum atomic E-state index is 13.0. The third kappa shape index (κ3) is 2.28. The molecule has 110 valence electrons. The third-order valence-corrected chi connectivity index (χ3v) is 3.56. The minimum absolute atomic E-state index is 0.268. The number of carbonyl (C=O) groups is 3. The van der Waals surface area contributed by atoms with Crippen molar-refractivity contribution in [3.05, 3.63) is 35.6 Å². The summed E-state index contributed by atoms with van der Waals surface area (Å²) >= 11 is 0. The van der Waals surface area contributed by atoms with Crippen LogP contribution in [0.4, 0.5) is 4.39 Å². The molecule has 0 spiro atoms. The molecule has 0 aromatic heterocycles. The molecule has 3 N–H and O–H groups in total. The highest BCUT2D eigenvalue weighted by Crippen LogP contribution is 2.41. The molecule has 3 unspecified atom stereocenters. The van der Waals surface area contributed by atoms with Crippen molar-refractivity contribution in [2.45, 2.75) is 12.1 Å². The molecule has 2 aliphatic heterocycles. The number of amides is 3. The van der Waals surface area contributed by atoms with Gasteiger partial charge in [-0.25, -0.2) is 4.39 Å². The molecule has 0 radical (unpaired) electrons. The van der Waals surface area contributed by atoms with Gasteiger partial charge in [0, 0.05) is 0 Å². The van der Waals surface area contributed by atoms with Crippen molar-refractivity contribution < 1.29 is 23.6 Å². The first-order valence-electron chi connectivity index (χ1n) is 6.29. The number of halogens is 1. The van der Waals surface area contributed by atoms with E-state index >= 15 is 0 Å². The van der Waals surface area contributed by atoms with Crippen LogP contribution < -0.4 is 11.1 Å². The molecule has 0 bridgehead atoms. The average molecular weight is 293 g/mol. The summed E-state index contributed by atoms with van der Waals surface area (Å²) in [6.07, 6.45) is -0.994. The van der Waals surface area contributed by atoms with E-state index in [-0.39, 0.29) is 6.54 Å². The van der Waals surface area contributed by atoms with Gasteiger partial charge in [0.15, 0.2) is 6.10 Å². The molecule has 1 aromatic carbocycles. The molecule has 2 aliphatic rings. The molecule has 2 fully saturated rings. The third-order valence-electron chi connectivity index (χ3n) is 3.56. The van der Waals surface area contributed by atoms with Gasteiger partial charge in [0.05, 0.1) is 12.0 Å². The Labute approximate surface area is 118 Å². The lowest BCUT2D eigenvalue weighted by molar-refractivity contribution is -0.176. The Balaban J connectivity index is 1.98. The summed E-state index contributed by atoms with van der Waals surface area (Å²) < 4.78 is 13.0. The first-order valence-corrected chi connectivity index (χ1v) is 6.29. The van der Waals surface area contributed by atoms with E-state index in [0.717, 1.165) is 0 Å². The zero-order chi connectivity index (χ0) is 15.1. The lowest BCUT2D eigenvalue weighted by Crippen LogP contribution is -2.37. The minimum atomic E-state index is -0.994. The van der Waals surface area contributed by atoms with Crippen LogP contribution in [0.3, 0.4) is 0 Å². The number of hydrogen-bond acceptors (Lipinski definition) is 5. The van der Waals surface area contributed by atoms with Crippen LogP contribution in [-0.2, 0) is 19.2 Å². The highest BCUT2D eigenvalue weighted by atomic mass is 19.1. The average Bonchev–Trinajstić information content (AvgIpc) is 2.89. The highest BCUT2D eigenvalue weighted by molar-refractivity contribution is 6.07. The molecule has 3 amide bonds. The van der Waals surface area contributed by atoms with Gasteiger partial charge in [0.25, 0.3) is 5.91 Å². The van der Waals surface area contributed by atoms with Crippen LogP contribution in [0.2, 0.25) is 0 Å². The zero-order valence-corrected chi connectivity index (χ0v) is 10.8. The number of carbonyl (C=O) groups excluding carboxylic acids is 3. The summed E-state index contributed by atoms with van der Waals surface area (Å²) in [5.74, 6) is -2.91. The molecule has 21 heavy (non-hydrogen) atoms. The van der Waals surface area contributed by atoms with Gasteiger partial charge in [-0.1, -0.05) is 12.1 Å². The molecule has 3 rings (SSSR count). The van der Waals surface area contributed by atoms with Crippen LogP contribution in [0.5, 0.6) is 0 Å². The lowest BCUT2D eigenvalue weighted by Gasteiger charge is -2.23. The van der Waals surface area contributed by atoms with E-state index < -0.39 is 41.6 Å². The van der Waals surface area contributed by atoms with Crippen LogP contribution in [0.15, 0.2) is 24.3 Å². The highest BCUT2D eigenvalue weighted by Gasteiger charge is 2.56. The number of nitrogens with one attached hydrogen (secondary N) is 1.